The summed E-state index contributed by atoms with van der Waals surface area (Å²) in [4.78, 5) is 0. The summed E-state index contributed by atoms with van der Waals surface area (Å²) in [5.41, 5.74) is 8.16. The second kappa shape index (κ2) is 6.17. The van der Waals surface area contributed by atoms with Gasteiger partial charge in [-0.3, -0.25) is 0 Å². The summed E-state index contributed by atoms with van der Waals surface area (Å²) < 4.78 is 5.21. The molecule has 2 rings (SSSR count). The zero-order chi connectivity index (χ0) is 14.8. The van der Waals surface area contributed by atoms with E-state index in [0.717, 1.165) is 11.7 Å². The van der Waals surface area contributed by atoms with Crippen LogP contribution in [0.2, 0.25) is 0 Å². The van der Waals surface area contributed by atoms with Gasteiger partial charge in [0.05, 0.1) is 7.11 Å². The molecule has 0 aromatic heterocycles. The monoisotopic (exact) mass is 275 g/mol. The summed E-state index contributed by atoms with van der Waals surface area (Å²) in [7, 11) is 1.70. The molecular weight excluding hydrogens is 246 g/mol. The predicted molar refractivity (Wildman–Crippen MR) is 84.8 cm³/mol. The van der Waals surface area contributed by atoms with Crippen LogP contribution in [0.3, 0.4) is 0 Å². The van der Waals surface area contributed by atoms with Gasteiger partial charge in [0.25, 0.3) is 0 Å². The molecule has 1 aliphatic rings. The van der Waals surface area contributed by atoms with Crippen LogP contribution in [0, 0.1) is 17.3 Å². The van der Waals surface area contributed by atoms with E-state index in [2.05, 4.69) is 32.9 Å². The van der Waals surface area contributed by atoms with E-state index in [1.165, 1.54) is 31.2 Å². The molecule has 1 aromatic rings. The normalized spacial score (nSPS) is 25.2. The van der Waals surface area contributed by atoms with E-state index >= 15 is 0 Å². The third kappa shape index (κ3) is 3.54. The lowest BCUT2D eigenvalue weighted by Gasteiger charge is -2.38. The van der Waals surface area contributed by atoms with Gasteiger partial charge in [0.2, 0.25) is 0 Å². The highest BCUT2D eigenvalue weighted by Crippen LogP contribution is 2.42. The Labute approximate surface area is 123 Å². The van der Waals surface area contributed by atoms with Crippen molar-refractivity contribution < 1.29 is 4.74 Å². The molecule has 112 valence electrons. The molecule has 0 amide bonds. The molecule has 2 N–H and O–H groups in total. The minimum absolute atomic E-state index is 0.168. The minimum atomic E-state index is 0.168. The van der Waals surface area contributed by atoms with Gasteiger partial charge in [-0.1, -0.05) is 32.9 Å². The second-order valence-electron chi connectivity index (χ2n) is 7.28. The van der Waals surface area contributed by atoms with Crippen molar-refractivity contribution in [1.29, 1.82) is 0 Å². The molecule has 1 unspecified atom stereocenters. The van der Waals surface area contributed by atoms with Gasteiger partial charge < -0.3 is 10.5 Å². The van der Waals surface area contributed by atoms with Crippen LogP contribution in [0.1, 0.15) is 58.1 Å². The first kappa shape index (κ1) is 15.4. The molecule has 0 bridgehead atoms. The lowest BCUT2D eigenvalue weighted by molar-refractivity contribution is 0.139. The van der Waals surface area contributed by atoms with Gasteiger partial charge in [-0.2, -0.15) is 0 Å². The Morgan fingerprint density at radius 2 is 1.60 bits per heavy atom. The van der Waals surface area contributed by atoms with Crippen LogP contribution in [0.4, 0.5) is 0 Å². The average Bonchev–Trinajstić information content (AvgIpc) is 2.46. The van der Waals surface area contributed by atoms with Crippen LogP contribution < -0.4 is 10.5 Å². The molecule has 0 aliphatic heterocycles. The quantitative estimate of drug-likeness (QED) is 0.878. The number of methoxy groups -OCH3 is 1. The van der Waals surface area contributed by atoms with Crippen molar-refractivity contribution in [3.8, 4) is 5.75 Å². The topological polar surface area (TPSA) is 35.2 Å². The molecule has 0 spiro atoms. The van der Waals surface area contributed by atoms with Crippen molar-refractivity contribution in [2.75, 3.05) is 7.11 Å². The molecule has 1 aliphatic carbocycles. The first-order chi connectivity index (χ1) is 9.41. The molecule has 0 saturated heterocycles. The first-order valence-electron chi connectivity index (χ1n) is 7.81. The maximum absolute atomic E-state index is 6.47. The zero-order valence-electron chi connectivity index (χ0n) is 13.4. The zero-order valence-corrected chi connectivity index (χ0v) is 13.4. The van der Waals surface area contributed by atoms with Gasteiger partial charge in [0.15, 0.2) is 0 Å². The van der Waals surface area contributed by atoms with Crippen LogP contribution >= 0.6 is 0 Å². The fourth-order valence-corrected chi connectivity index (χ4v) is 3.44. The third-order valence-corrected chi connectivity index (χ3v) is 5.01. The number of nitrogens with two attached hydrogens (primary N) is 1. The van der Waals surface area contributed by atoms with Gasteiger partial charge in [0.1, 0.15) is 5.75 Å². The Bertz CT molecular complexity index is 410. The number of hydrogen-bond donors (Lipinski definition) is 1. The minimum Gasteiger partial charge on any atom is -0.497 e. The molecular formula is C18H29NO. The smallest absolute Gasteiger partial charge is 0.118 e. The van der Waals surface area contributed by atoms with Gasteiger partial charge >= 0.3 is 0 Å². The van der Waals surface area contributed by atoms with Crippen molar-refractivity contribution in [3.05, 3.63) is 29.8 Å². The Hall–Kier alpha value is -1.02. The van der Waals surface area contributed by atoms with Crippen LogP contribution in [-0.2, 0) is 0 Å². The lowest BCUT2D eigenvalue weighted by atomic mass is 9.68. The summed E-state index contributed by atoms with van der Waals surface area (Å²) in [6, 6.07) is 8.41. The van der Waals surface area contributed by atoms with Crippen LogP contribution in [0.5, 0.6) is 5.75 Å². The molecule has 1 fully saturated rings. The van der Waals surface area contributed by atoms with Crippen molar-refractivity contribution in [2.24, 2.45) is 23.0 Å². The van der Waals surface area contributed by atoms with E-state index < -0.39 is 0 Å². The Morgan fingerprint density at radius 1 is 1.05 bits per heavy atom. The molecule has 1 atom stereocenters. The number of rotatable bonds is 3. The molecule has 0 radical (unpaired) electrons. The number of ether oxygens (including phenoxy) is 1. The molecule has 1 aromatic carbocycles. The van der Waals surface area contributed by atoms with E-state index in [0.29, 0.717) is 11.3 Å². The highest BCUT2D eigenvalue weighted by Gasteiger charge is 2.32. The largest absolute Gasteiger partial charge is 0.497 e. The van der Waals surface area contributed by atoms with E-state index in [4.69, 9.17) is 10.5 Å². The fourth-order valence-electron chi connectivity index (χ4n) is 3.44. The Morgan fingerprint density at radius 3 is 2.05 bits per heavy atom. The maximum atomic E-state index is 6.47. The molecule has 1 saturated carbocycles. The average molecular weight is 275 g/mol. The van der Waals surface area contributed by atoms with Gasteiger partial charge in [-0.25, -0.2) is 0 Å². The Balaban J connectivity index is 1.95. The van der Waals surface area contributed by atoms with E-state index in [-0.39, 0.29) is 6.04 Å². The van der Waals surface area contributed by atoms with Crippen LogP contribution in [0.25, 0.3) is 0 Å². The summed E-state index contributed by atoms with van der Waals surface area (Å²) >= 11 is 0. The third-order valence-electron chi connectivity index (χ3n) is 5.01. The van der Waals surface area contributed by atoms with E-state index in [1.54, 1.807) is 7.11 Å². The van der Waals surface area contributed by atoms with E-state index in [1.807, 2.05) is 12.1 Å². The maximum Gasteiger partial charge on any atom is 0.118 e. The highest BCUT2D eigenvalue weighted by molar-refractivity contribution is 5.29. The standard InChI is InChI=1S/C18H29NO/c1-18(2,3)15-9-5-13(6-10-15)17(19)14-7-11-16(20-4)12-8-14/h7-8,11-13,15,17H,5-6,9-10,19H2,1-4H3. The summed E-state index contributed by atoms with van der Waals surface area (Å²) in [6.45, 7) is 7.09. The summed E-state index contributed by atoms with van der Waals surface area (Å²) in [5.74, 6) is 2.38. The molecule has 0 heterocycles. The first-order valence-corrected chi connectivity index (χ1v) is 7.81. The van der Waals surface area contributed by atoms with Crippen molar-refractivity contribution >= 4 is 0 Å². The number of benzene rings is 1. The van der Waals surface area contributed by atoms with Crippen molar-refractivity contribution in [1.82, 2.24) is 0 Å². The van der Waals surface area contributed by atoms with Crippen molar-refractivity contribution in [2.45, 2.75) is 52.5 Å². The van der Waals surface area contributed by atoms with Gasteiger partial charge in [0, 0.05) is 6.04 Å². The molecule has 20 heavy (non-hydrogen) atoms. The van der Waals surface area contributed by atoms with Gasteiger partial charge in [-0.15, -0.1) is 0 Å². The molecule has 2 heteroatoms. The highest BCUT2D eigenvalue weighted by atomic mass is 16.5. The van der Waals surface area contributed by atoms with Crippen molar-refractivity contribution in [3.63, 3.8) is 0 Å². The Kier molecular flexibility index (Phi) is 4.74. The molecule has 2 nitrogen and oxygen atoms in total. The summed E-state index contributed by atoms with van der Waals surface area (Å²) in [6.07, 6.45) is 5.15. The van der Waals surface area contributed by atoms with E-state index in [9.17, 15) is 0 Å². The number of hydrogen-bond acceptors (Lipinski definition) is 2. The fraction of sp³-hybridized carbons (Fsp3) is 0.667. The lowest BCUT2D eigenvalue weighted by Crippen LogP contribution is -2.30. The van der Waals surface area contributed by atoms with Gasteiger partial charge in [-0.05, 0) is 60.6 Å². The van der Waals surface area contributed by atoms with Crippen LogP contribution in [0.15, 0.2) is 24.3 Å². The second-order valence-corrected chi connectivity index (χ2v) is 7.28. The SMILES string of the molecule is COc1ccc(C(N)C2CCC(C(C)(C)C)CC2)cc1. The van der Waals surface area contributed by atoms with Crippen LogP contribution in [-0.4, -0.2) is 7.11 Å². The summed E-state index contributed by atoms with van der Waals surface area (Å²) in [5, 5.41) is 0. The predicted octanol–water partition coefficient (Wildman–Crippen LogP) is 4.55.